The molecule has 2 unspecified atom stereocenters. The van der Waals surface area contributed by atoms with Gasteiger partial charge in [0.15, 0.2) is 0 Å². The van der Waals surface area contributed by atoms with E-state index in [0.717, 1.165) is 61.2 Å². The van der Waals surface area contributed by atoms with Crippen LogP contribution in [0, 0.1) is 6.92 Å². The van der Waals surface area contributed by atoms with Gasteiger partial charge in [-0.25, -0.2) is 9.78 Å². The molecule has 0 saturated carbocycles. The van der Waals surface area contributed by atoms with E-state index in [2.05, 4.69) is 28.1 Å². The molecule has 3 aromatic rings. The van der Waals surface area contributed by atoms with Crippen molar-refractivity contribution in [3.63, 3.8) is 0 Å². The number of hydrogen-bond donors (Lipinski definition) is 1. The van der Waals surface area contributed by atoms with Crippen LogP contribution in [-0.4, -0.2) is 59.0 Å². The second-order valence-corrected chi connectivity index (χ2v) is 11.5. The topological polar surface area (TPSA) is 75.1 Å². The molecule has 0 spiro atoms. The molecular formula is C34H34F3N3O4. The molecule has 0 amide bonds. The summed E-state index contributed by atoms with van der Waals surface area (Å²) in [7, 11) is 0. The Hall–Kier alpha value is -4.15. The number of rotatable bonds is 7. The first kappa shape index (κ1) is 29.9. The Kier molecular flexibility index (Phi) is 8.22. The average Bonchev–Trinajstić information content (AvgIpc) is 3.55. The summed E-state index contributed by atoms with van der Waals surface area (Å²) < 4.78 is 54.5. The molecule has 0 bridgehead atoms. The number of pyridine rings is 1. The molecule has 1 aromatic heterocycles. The summed E-state index contributed by atoms with van der Waals surface area (Å²) in [5.41, 5.74) is 3.58. The van der Waals surface area contributed by atoms with Gasteiger partial charge in [-0.05, 0) is 73.7 Å². The van der Waals surface area contributed by atoms with E-state index < -0.39 is 29.5 Å². The molecule has 2 atom stereocenters. The SMILES string of the molecule is Cc1ccc(OCc2ccc3c(c2)CCN(C2CCOC2)C3)c(-c2cccc(N3C(C(F)(F)F)=C(C(=O)O)C=CC3C)n2)c1. The summed E-state index contributed by atoms with van der Waals surface area (Å²) in [6.45, 7) is 7.35. The van der Waals surface area contributed by atoms with Crippen LogP contribution in [0.2, 0.25) is 0 Å². The van der Waals surface area contributed by atoms with Crippen molar-refractivity contribution in [3.05, 3.63) is 100 Å². The minimum Gasteiger partial charge on any atom is -0.488 e. The highest BCUT2D eigenvalue weighted by Gasteiger charge is 2.45. The van der Waals surface area contributed by atoms with Gasteiger partial charge in [-0.15, -0.1) is 0 Å². The molecule has 10 heteroatoms. The Bertz CT molecular complexity index is 1630. The standard InChI is InChI=1S/C34H34F3N3O4/c1-21-6-11-30(44-19-23-8-9-25-18-39(14-12-24(25)17-23)26-13-15-43-20-26)28(16-21)29-4-3-5-31(38-29)40-22(2)7-10-27(33(41)42)32(40)34(35,36)37/h3-11,16-17,22,26H,12-15,18-20H2,1-2H3,(H,41,42). The van der Waals surface area contributed by atoms with Crippen LogP contribution < -0.4 is 9.64 Å². The fourth-order valence-corrected chi connectivity index (χ4v) is 6.20. The molecular weight excluding hydrogens is 571 g/mol. The van der Waals surface area contributed by atoms with E-state index in [0.29, 0.717) is 29.7 Å². The van der Waals surface area contributed by atoms with E-state index in [-0.39, 0.29) is 5.82 Å². The Morgan fingerprint density at radius 2 is 1.98 bits per heavy atom. The number of ether oxygens (including phenoxy) is 2. The van der Waals surface area contributed by atoms with Crippen LogP contribution in [0.3, 0.4) is 0 Å². The number of allylic oxidation sites excluding steroid dienone is 1. The maximum atomic E-state index is 14.2. The quantitative estimate of drug-likeness (QED) is 0.332. The molecule has 3 aliphatic rings. The summed E-state index contributed by atoms with van der Waals surface area (Å²) in [5, 5.41) is 9.52. The number of aryl methyl sites for hydroxylation is 1. The molecule has 1 saturated heterocycles. The highest BCUT2D eigenvalue weighted by atomic mass is 19.4. The number of carbonyl (C=O) groups is 1. The van der Waals surface area contributed by atoms with Gasteiger partial charge in [-0.2, -0.15) is 13.2 Å². The number of benzene rings is 2. The molecule has 0 aliphatic carbocycles. The Balaban J connectivity index is 1.25. The lowest BCUT2D eigenvalue weighted by atomic mass is 9.96. The first-order valence-electron chi connectivity index (χ1n) is 14.7. The van der Waals surface area contributed by atoms with E-state index in [4.69, 9.17) is 9.47 Å². The van der Waals surface area contributed by atoms with Crippen molar-refractivity contribution in [3.8, 4) is 17.0 Å². The molecule has 3 aliphatic heterocycles. The number of alkyl halides is 3. The monoisotopic (exact) mass is 605 g/mol. The van der Waals surface area contributed by atoms with Crippen molar-refractivity contribution < 1.29 is 32.5 Å². The molecule has 230 valence electrons. The van der Waals surface area contributed by atoms with Gasteiger partial charge in [0.25, 0.3) is 0 Å². The molecule has 44 heavy (non-hydrogen) atoms. The van der Waals surface area contributed by atoms with Gasteiger partial charge < -0.3 is 19.5 Å². The van der Waals surface area contributed by atoms with E-state index in [1.54, 1.807) is 19.1 Å². The average molecular weight is 606 g/mol. The summed E-state index contributed by atoms with van der Waals surface area (Å²) in [4.78, 5) is 19.8. The summed E-state index contributed by atoms with van der Waals surface area (Å²) >= 11 is 0. The van der Waals surface area contributed by atoms with Crippen molar-refractivity contribution in [1.29, 1.82) is 0 Å². The summed E-state index contributed by atoms with van der Waals surface area (Å²) in [6.07, 6.45) is -0.429. The Morgan fingerprint density at radius 1 is 1.14 bits per heavy atom. The van der Waals surface area contributed by atoms with Crippen LogP contribution in [0.5, 0.6) is 5.75 Å². The number of hydrogen-bond acceptors (Lipinski definition) is 6. The number of carboxylic acid groups (broad SMARTS) is 1. The highest BCUT2D eigenvalue weighted by molar-refractivity contribution is 5.92. The van der Waals surface area contributed by atoms with Crippen LogP contribution >= 0.6 is 0 Å². The third kappa shape index (κ3) is 6.09. The number of aromatic nitrogens is 1. The smallest absolute Gasteiger partial charge is 0.432 e. The van der Waals surface area contributed by atoms with Gasteiger partial charge >= 0.3 is 12.1 Å². The van der Waals surface area contributed by atoms with Crippen molar-refractivity contribution in [1.82, 2.24) is 9.88 Å². The minimum atomic E-state index is -4.90. The van der Waals surface area contributed by atoms with Crippen molar-refractivity contribution in [2.24, 2.45) is 0 Å². The van der Waals surface area contributed by atoms with E-state index >= 15 is 0 Å². The van der Waals surface area contributed by atoms with Crippen molar-refractivity contribution >= 4 is 11.8 Å². The summed E-state index contributed by atoms with van der Waals surface area (Å²) in [5.74, 6) is -1.11. The molecule has 2 aromatic carbocycles. The molecule has 7 nitrogen and oxygen atoms in total. The predicted octanol–water partition coefficient (Wildman–Crippen LogP) is 6.45. The lowest BCUT2D eigenvalue weighted by Gasteiger charge is -2.35. The number of fused-ring (bicyclic) bond motifs is 1. The van der Waals surface area contributed by atoms with Gasteiger partial charge in [0, 0.05) is 31.3 Å². The molecule has 6 rings (SSSR count). The number of halogens is 3. The predicted molar refractivity (Wildman–Crippen MR) is 160 cm³/mol. The maximum Gasteiger partial charge on any atom is 0.432 e. The van der Waals surface area contributed by atoms with E-state index in [9.17, 15) is 23.1 Å². The Morgan fingerprint density at radius 3 is 2.73 bits per heavy atom. The summed E-state index contributed by atoms with van der Waals surface area (Å²) in [6, 6.07) is 16.6. The van der Waals surface area contributed by atoms with Crippen LogP contribution in [0.15, 0.2) is 78.0 Å². The van der Waals surface area contributed by atoms with Gasteiger partial charge in [-0.3, -0.25) is 4.90 Å². The van der Waals surface area contributed by atoms with Gasteiger partial charge in [-0.1, -0.05) is 42.0 Å². The first-order valence-corrected chi connectivity index (χ1v) is 14.7. The number of nitrogens with zero attached hydrogens (tertiary/aromatic N) is 3. The van der Waals surface area contributed by atoms with Gasteiger partial charge in [0.1, 0.15) is 23.9 Å². The maximum absolute atomic E-state index is 14.2. The zero-order valence-electron chi connectivity index (χ0n) is 24.6. The van der Waals surface area contributed by atoms with Crippen LogP contribution in [0.1, 0.15) is 35.6 Å². The first-order chi connectivity index (χ1) is 21.1. The molecule has 1 fully saturated rings. The third-order valence-corrected chi connectivity index (χ3v) is 8.46. The van der Waals surface area contributed by atoms with Crippen LogP contribution in [0.25, 0.3) is 11.3 Å². The van der Waals surface area contributed by atoms with E-state index in [1.165, 1.54) is 23.3 Å². The Labute approximate surface area is 254 Å². The van der Waals surface area contributed by atoms with Crippen LogP contribution in [0.4, 0.5) is 19.0 Å². The van der Waals surface area contributed by atoms with Crippen molar-refractivity contribution in [2.45, 2.75) is 58.1 Å². The third-order valence-electron chi connectivity index (χ3n) is 8.46. The number of anilines is 1. The fraction of sp³-hybridized carbons (Fsp3) is 0.353. The number of carboxylic acids is 1. The number of aliphatic carboxylic acids is 1. The zero-order chi connectivity index (χ0) is 31.0. The second-order valence-electron chi connectivity index (χ2n) is 11.5. The van der Waals surface area contributed by atoms with Gasteiger partial charge in [0.05, 0.1) is 23.9 Å². The minimum absolute atomic E-state index is 0.00854. The molecule has 1 N–H and O–H groups in total. The molecule has 0 radical (unpaired) electrons. The largest absolute Gasteiger partial charge is 0.488 e. The molecule has 4 heterocycles. The van der Waals surface area contributed by atoms with Gasteiger partial charge in [0.2, 0.25) is 0 Å². The second kappa shape index (κ2) is 12.1. The highest BCUT2D eigenvalue weighted by Crippen LogP contribution is 2.39. The normalized spacial score (nSPS) is 20.6. The van der Waals surface area contributed by atoms with Crippen LogP contribution in [-0.2, 0) is 29.1 Å². The van der Waals surface area contributed by atoms with E-state index in [1.807, 2.05) is 25.1 Å². The lowest BCUT2D eigenvalue weighted by molar-refractivity contribution is -0.133. The fourth-order valence-electron chi connectivity index (χ4n) is 6.20. The lowest BCUT2D eigenvalue weighted by Crippen LogP contribution is -2.42. The zero-order valence-corrected chi connectivity index (χ0v) is 24.6. The van der Waals surface area contributed by atoms with Crippen molar-refractivity contribution in [2.75, 3.05) is 24.7 Å².